The van der Waals surface area contributed by atoms with Gasteiger partial charge in [-0.25, -0.2) is 8.78 Å². The van der Waals surface area contributed by atoms with Crippen molar-refractivity contribution in [3.05, 3.63) is 0 Å². The van der Waals surface area contributed by atoms with Crippen molar-refractivity contribution in [1.82, 2.24) is 5.32 Å². The van der Waals surface area contributed by atoms with Crippen LogP contribution >= 0.6 is 0 Å². The first-order valence-electron chi connectivity index (χ1n) is 3.77. The predicted molar refractivity (Wildman–Crippen MR) is 40.3 cm³/mol. The van der Waals surface area contributed by atoms with Crippen LogP contribution in [0.15, 0.2) is 0 Å². The van der Waals surface area contributed by atoms with Crippen LogP contribution in [0.25, 0.3) is 0 Å². The molecule has 0 aliphatic carbocycles. The fourth-order valence-electron chi connectivity index (χ4n) is 0.658. The molecule has 0 rings (SSSR count). The molecule has 1 atom stereocenters. The van der Waals surface area contributed by atoms with Crippen LogP contribution in [0, 0.1) is 0 Å². The van der Waals surface area contributed by atoms with Gasteiger partial charge in [0.1, 0.15) is 0 Å². The molecular weight excluding hydrogens is 168 g/mol. The van der Waals surface area contributed by atoms with Crippen LogP contribution in [0.3, 0.4) is 0 Å². The van der Waals surface area contributed by atoms with Gasteiger partial charge < -0.3 is 10.4 Å². The van der Waals surface area contributed by atoms with Gasteiger partial charge in [-0.3, -0.25) is 4.79 Å². The number of hydrogen-bond acceptors (Lipinski definition) is 2. The Morgan fingerprint density at radius 1 is 1.58 bits per heavy atom. The molecule has 0 bridgehead atoms. The Morgan fingerprint density at radius 2 is 2.17 bits per heavy atom. The summed E-state index contributed by atoms with van der Waals surface area (Å²) in [4.78, 5) is 10.0. The number of carboxylic acids is 1. The van der Waals surface area contributed by atoms with Crippen molar-refractivity contribution in [2.75, 3.05) is 6.54 Å². The maximum absolute atomic E-state index is 11.8. The molecule has 5 heteroatoms. The van der Waals surface area contributed by atoms with Crippen molar-refractivity contribution in [3.63, 3.8) is 0 Å². The van der Waals surface area contributed by atoms with E-state index in [0.717, 1.165) is 0 Å². The van der Waals surface area contributed by atoms with Gasteiger partial charge >= 0.3 is 5.97 Å². The largest absolute Gasteiger partial charge is 0.481 e. The smallest absolute Gasteiger partial charge is 0.303 e. The molecule has 72 valence electrons. The third kappa shape index (κ3) is 6.03. The zero-order chi connectivity index (χ0) is 9.56. The number of nitrogens with one attached hydrogen (secondary N) is 1. The van der Waals surface area contributed by atoms with Crippen LogP contribution < -0.4 is 5.32 Å². The SMILES string of the molecule is CC(NCCCC(=O)O)C(F)F. The summed E-state index contributed by atoms with van der Waals surface area (Å²) in [5.41, 5.74) is 0. The van der Waals surface area contributed by atoms with Gasteiger partial charge in [0.2, 0.25) is 0 Å². The van der Waals surface area contributed by atoms with Gasteiger partial charge in [0.25, 0.3) is 6.43 Å². The lowest BCUT2D eigenvalue weighted by molar-refractivity contribution is -0.137. The molecule has 1 unspecified atom stereocenters. The van der Waals surface area contributed by atoms with Crippen molar-refractivity contribution >= 4 is 5.97 Å². The second-order valence-corrected chi connectivity index (χ2v) is 2.57. The summed E-state index contributed by atoms with van der Waals surface area (Å²) in [7, 11) is 0. The average Bonchev–Trinajstić information content (AvgIpc) is 1.97. The summed E-state index contributed by atoms with van der Waals surface area (Å²) in [6.45, 7) is 1.68. The Bertz CT molecular complexity index is 141. The molecule has 0 amide bonds. The molecule has 0 saturated carbocycles. The van der Waals surface area contributed by atoms with Crippen LogP contribution in [-0.4, -0.2) is 30.1 Å². The average molecular weight is 181 g/mol. The normalized spacial score (nSPS) is 13.3. The molecule has 0 spiro atoms. The summed E-state index contributed by atoms with van der Waals surface area (Å²) in [6, 6.07) is -0.862. The number of aliphatic carboxylic acids is 1. The van der Waals surface area contributed by atoms with E-state index in [0.29, 0.717) is 13.0 Å². The van der Waals surface area contributed by atoms with E-state index in [2.05, 4.69) is 5.32 Å². The Balaban J connectivity index is 3.25. The minimum Gasteiger partial charge on any atom is -0.481 e. The quantitative estimate of drug-likeness (QED) is 0.603. The number of hydrogen-bond donors (Lipinski definition) is 2. The molecule has 0 saturated heterocycles. The second-order valence-electron chi connectivity index (χ2n) is 2.57. The Labute approximate surface area is 69.8 Å². The van der Waals surface area contributed by atoms with E-state index >= 15 is 0 Å². The van der Waals surface area contributed by atoms with Crippen LogP contribution in [-0.2, 0) is 4.79 Å². The lowest BCUT2D eigenvalue weighted by atomic mass is 10.3. The van der Waals surface area contributed by atoms with Gasteiger partial charge in [-0.2, -0.15) is 0 Å². The minimum atomic E-state index is -2.39. The van der Waals surface area contributed by atoms with Crippen molar-refractivity contribution in [3.8, 4) is 0 Å². The summed E-state index contributed by atoms with van der Waals surface area (Å²) in [5.74, 6) is -0.901. The first-order valence-corrected chi connectivity index (χ1v) is 3.77. The number of halogens is 2. The third-order valence-electron chi connectivity index (χ3n) is 1.41. The van der Waals surface area contributed by atoms with Gasteiger partial charge in [0, 0.05) is 6.42 Å². The molecule has 0 aliphatic rings. The Morgan fingerprint density at radius 3 is 2.58 bits per heavy atom. The zero-order valence-corrected chi connectivity index (χ0v) is 6.89. The van der Waals surface area contributed by atoms with E-state index < -0.39 is 18.4 Å². The molecule has 0 fully saturated rings. The maximum Gasteiger partial charge on any atom is 0.303 e. The summed E-state index contributed by atoms with van der Waals surface area (Å²) < 4.78 is 23.7. The van der Waals surface area contributed by atoms with Gasteiger partial charge in [-0.05, 0) is 19.9 Å². The summed E-state index contributed by atoms with van der Waals surface area (Å²) in [5, 5.41) is 10.7. The van der Waals surface area contributed by atoms with Crippen molar-refractivity contribution in [2.24, 2.45) is 0 Å². The van der Waals surface area contributed by atoms with Crippen molar-refractivity contribution in [2.45, 2.75) is 32.2 Å². The van der Waals surface area contributed by atoms with E-state index in [9.17, 15) is 13.6 Å². The van der Waals surface area contributed by atoms with E-state index in [4.69, 9.17) is 5.11 Å². The summed E-state index contributed by atoms with van der Waals surface area (Å²) >= 11 is 0. The first-order chi connectivity index (χ1) is 5.54. The zero-order valence-electron chi connectivity index (χ0n) is 6.89. The highest BCUT2D eigenvalue weighted by molar-refractivity contribution is 5.66. The van der Waals surface area contributed by atoms with Crippen molar-refractivity contribution < 1.29 is 18.7 Å². The van der Waals surface area contributed by atoms with Gasteiger partial charge in [0.15, 0.2) is 0 Å². The number of carbonyl (C=O) groups is 1. The highest BCUT2D eigenvalue weighted by Gasteiger charge is 2.12. The lowest BCUT2D eigenvalue weighted by Gasteiger charge is -2.11. The fourth-order valence-corrected chi connectivity index (χ4v) is 0.658. The fraction of sp³-hybridized carbons (Fsp3) is 0.857. The van der Waals surface area contributed by atoms with Gasteiger partial charge in [0.05, 0.1) is 6.04 Å². The van der Waals surface area contributed by atoms with E-state index in [1.165, 1.54) is 6.92 Å². The third-order valence-corrected chi connectivity index (χ3v) is 1.41. The lowest BCUT2D eigenvalue weighted by Crippen LogP contribution is -2.33. The number of alkyl halides is 2. The molecule has 0 aliphatic heterocycles. The Hall–Kier alpha value is -0.710. The van der Waals surface area contributed by atoms with E-state index in [1.807, 2.05) is 0 Å². The molecule has 12 heavy (non-hydrogen) atoms. The maximum atomic E-state index is 11.8. The van der Waals surface area contributed by atoms with Crippen LogP contribution in [0.2, 0.25) is 0 Å². The molecule has 2 N–H and O–H groups in total. The molecule has 3 nitrogen and oxygen atoms in total. The first kappa shape index (κ1) is 11.3. The van der Waals surface area contributed by atoms with Gasteiger partial charge in [-0.1, -0.05) is 0 Å². The highest BCUT2D eigenvalue weighted by Crippen LogP contribution is 1.99. The summed E-state index contributed by atoms with van der Waals surface area (Å²) in [6.07, 6.45) is -2.00. The molecule has 0 aromatic rings. The topological polar surface area (TPSA) is 49.3 Å². The van der Waals surface area contributed by atoms with Crippen LogP contribution in [0.4, 0.5) is 8.78 Å². The Kier molecular flexibility index (Phi) is 5.53. The molecule has 0 aromatic heterocycles. The minimum absolute atomic E-state index is 0.0168. The molecular formula is C7H13F2NO2. The van der Waals surface area contributed by atoms with E-state index in [1.54, 1.807) is 0 Å². The number of carboxylic acid groups (broad SMARTS) is 1. The van der Waals surface area contributed by atoms with Crippen LogP contribution in [0.1, 0.15) is 19.8 Å². The molecule has 0 aromatic carbocycles. The highest BCUT2D eigenvalue weighted by atomic mass is 19.3. The van der Waals surface area contributed by atoms with Crippen molar-refractivity contribution in [1.29, 1.82) is 0 Å². The predicted octanol–water partition coefficient (Wildman–Crippen LogP) is 1.09. The number of rotatable bonds is 6. The van der Waals surface area contributed by atoms with Gasteiger partial charge in [-0.15, -0.1) is 0 Å². The standard InChI is InChI=1S/C7H13F2NO2/c1-5(7(8)9)10-4-2-3-6(11)12/h5,7,10H,2-4H2,1H3,(H,11,12). The van der Waals surface area contributed by atoms with Crippen LogP contribution in [0.5, 0.6) is 0 Å². The van der Waals surface area contributed by atoms with E-state index in [-0.39, 0.29) is 6.42 Å². The molecule has 0 radical (unpaired) electrons. The monoisotopic (exact) mass is 181 g/mol. The second kappa shape index (κ2) is 5.88. The molecule has 0 heterocycles.